The fourth-order valence-corrected chi connectivity index (χ4v) is 2.04. The van der Waals surface area contributed by atoms with Crippen LogP contribution >= 0.6 is 0 Å². The predicted octanol–water partition coefficient (Wildman–Crippen LogP) is 1.09. The Morgan fingerprint density at radius 3 is 2.44 bits per heavy atom. The smallest absolute Gasteiger partial charge is 0.407 e. The first-order valence-corrected chi connectivity index (χ1v) is 6.17. The molecule has 0 spiro atoms. The van der Waals surface area contributed by atoms with E-state index in [2.05, 4.69) is 5.32 Å². The van der Waals surface area contributed by atoms with Crippen LogP contribution in [0.2, 0.25) is 0 Å². The molecule has 0 radical (unpaired) electrons. The van der Waals surface area contributed by atoms with Crippen LogP contribution in [0.5, 0.6) is 0 Å². The number of amides is 1. The second-order valence-electron chi connectivity index (χ2n) is 5.76. The number of nitrogens with one attached hydrogen (secondary N) is 1. The van der Waals surface area contributed by atoms with E-state index in [9.17, 15) is 9.59 Å². The SMILES string of the molecule is CC(C)(C)OC(=O)N[C@@H]1C[C@@H](C(=O)O)CC[C@@H]1N. The number of nitrogens with two attached hydrogens (primary N) is 1. The first kappa shape index (κ1) is 14.8. The zero-order valence-corrected chi connectivity index (χ0v) is 11.1. The third-order valence-electron chi connectivity index (χ3n) is 2.96. The minimum atomic E-state index is -0.835. The van der Waals surface area contributed by atoms with Crippen LogP contribution in [0, 0.1) is 5.92 Å². The minimum absolute atomic E-state index is 0.215. The number of ether oxygens (including phenoxy) is 1. The standard InChI is InChI=1S/C12H22N2O4/c1-12(2,3)18-11(17)14-9-6-7(10(15)16)4-5-8(9)13/h7-9H,4-6,13H2,1-3H3,(H,14,17)(H,15,16)/t7-,8-,9+/m0/s1. The lowest BCUT2D eigenvalue weighted by atomic mass is 9.83. The Kier molecular flexibility index (Phi) is 4.56. The van der Waals surface area contributed by atoms with Crippen molar-refractivity contribution < 1.29 is 19.4 Å². The predicted molar refractivity (Wildman–Crippen MR) is 66.1 cm³/mol. The van der Waals surface area contributed by atoms with E-state index >= 15 is 0 Å². The van der Waals surface area contributed by atoms with E-state index in [0.29, 0.717) is 19.3 Å². The van der Waals surface area contributed by atoms with Crippen LogP contribution < -0.4 is 11.1 Å². The molecule has 4 N–H and O–H groups in total. The number of hydrogen-bond donors (Lipinski definition) is 3. The Morgan fingerprint density at radius 2 is 1.94 bits per heavy atom. The van der Waals surface area contributed by atoms with Crippen molar-refractivity contribution in [3.05, 3.63) is 0 Å². The van der Waals surface area contributed by atoms with Gasteiger partial charge in [0.05, 0.1) is 5.92 Å². The normalized spacial score (nSPS) is 28.6. The summed E-state index contributed by atoms with van der Waals surface area (Å²) in [5, 5.41) is 11.6. The molecule has 0 heterocycles. The molecule has 1 aliphatic carbocycles. The maximum atomic E-state index is 11.6. The van der Waals surface area contributed by atoms with Crippen molar-refractivity contribution in [3.8, 4) is 0 Å². The molecule has 104 valence electrons. The van der Waals surface area contributed by atoms with Gasteiger partial charge in [-0.3, -0.25) is 4.79 Å². The zero-order valence-electron chi connectivity index (χ0n) is 11.1. The molecule has 1 amide bonds. The van der Waals surface area contributed by atoms with Crippen molar-refractivity contribution in [3.63, 3.8) is 0 Å². The van der Waals surface area contributed by atoms with Crippen LogP contribution in [0.1, 0.15) is 40.0 Å². The molecule has 0 aromatic carbocycles. The van der Waals surface area contributed by atoms with E-state index in [1.54, 1.807) is 20.8 Å². The minimum Gasteiger partial charge on any atom is -0.481 e. The van der Waals surface area contributed by atoms with E-state index in [1.165, 1.54) is 0 Å². The van der Waals surface area contributed by atoms with Gasteiger partial charge in [0.25, 0.3) is 0 Å². The topological polar surface area (TPSA) is 102 Å². The molecule has 0 saturated heterocycles. The molecular formula is C12H22N2O4. The highest BCUT2D eigenvalue weighted by molar-refractivity contribution is 5.71. The highest BCUT2D eigenvalue weighted by Gasteiger charge is 2.33. The zero-order chi connectivity index (χ0) is 13.9. The van der Waals surface area contributed by atoms with Gasteiger partial charge < -0.3 is 20.9 Å². The molecule has 1 aliphatic rings. The number of carboxylic acid groups (broad SMARTS) is 1. The number of carbonyl (C=O) groups is 2. The van der Waals surface area contributed by atoms with Crippen LogP contribution in [-0.2, 0) is 9.53 Å². The summed E-state index contributed by atoms with van der Waals surface area (Å²) in [6.07, 6.45) is 0.963. The quantitative estimate of drug-likeness (QED) is 0.688. The van der Waals surface area contributed by atoms with E-state index in [-0.39, 0.29) is 12.1 Å². The van der Waals surface area contributed by atoms with Gasteiger partial charge in [0.15, 0.2) is 0 Å². The number of carbonyl (C=O) groups excluding carboxylic acids is 1. The third-order valence-corrected chi connectivity index (χ3v) is 2.96. The summed E-state index contributed by atoms with van der Waals surface area (Å²) < 4.78 is 5.13. The number of rotatable bonds is 2. The first-order valence-electron chi connectivity index (χ1n) is 6.17. The number of carboxylic acids is 1. The molecule has 0 bridgehead atoms. The van der Waals surface area contributed by atoms with Gasteiger partial charge in [0, 0.05) is 12.1 Å². The molecule has 1 fully saturated rings. The van der Waals surface area contributed by atoms with E-state index in [4.69, 9.17) is 15.6 Å². The molecule has 6 nitrogen and oxygen atoms in total. The lowest BCUT2D eigenvalue weighted by Crippen LogP contribution is -2.52. The van der Waals surface area contributed by atoms with Crippen LogP contribution in [-0.4, -0.2) is 34.9 Å². The Hall–Kier alpha value is -1.30. The van der Waals surface area contributed by atoms with E-state index < -0.39 is 23.6 Å². The maximum absolute atomic E-state index is 11.6. The number of aliphatic carboxylic acids is 1. The average molecular weight is 258 g/mol. The molecule has 0 aromatic heterocycles. The molecule has 1 rings (SSSR count). The van der Waals surface area contributed by atoms with Gasteiger partial charge >= 0.3 is 12.1 Å². The highest BCUT2D eigenvalue weighted by Crippen LogP contribution is 2.24. The molecule has 0 unspecified atom stereocenters. The van der Waals surface area contributed by atoms with Gasteiger partial charge in [-0.05, 0) is 40.0 Å². The van der Waals surface area contributed by atoms with Gasteiger partial charge in [0.2, 0.25) is 0 Å². The van der Waals surface area contributed by atoms with E-state index in [1.807, 2.05) is 0 Å². The van der Waals surface area contributed by atoms with E-state index in [0.717, 1.165) is 0 Å². The van der Waals surface area contributed by atoms with Crippen molar-refractivity contribution in [2.24, 2.45) is 11.7 Å². The Labute approximate surface area is 107 Å². The molecular weight excluding hydrogens is 236 g/mol. The summed E-state index contributed by atoms with van der Waals surface area (Å²) >= 11 is 0. The van der Waals surface area contributed by atoms with Crippen LogP contribution in [0.3, 0.4) is 0 Å². The molecule has 3 atom stereocenters. The van der Waals surface area contributed by atoms with Gasteiger partial charge in [-0.2, -0.15) is 0 Å². The molecule has 18 heavy (non-hydrogen) atoms. The van der Waals surface area contributed by atoms with Gasteiger partial charge in [-0.25, -0.2) is 4.79 Å². The van der Waals surface area contributed by atoms with Crippen LogP contribution in [0.15, 0.2) is 0 Å². The first-order chi connectivity index (χ1) is 8.19. The molecule has 0 aromatic rings. The summed E-state index contributed by atoms with van der Waals surface area (Å²) in [6, 6.07) is -0.553. The van der Waals surface area contributed by atoms with Gasteiger partial charge in [-0.1, -0.05) is 0 Å². The summed E-state index contributed by atoms with van der Waals surface area (Å²) in [7, 11) is 0. The summed E-state index contributed by atoms with van der Waals surface area (Å²) in [4.78, 5) is 22.5. The van der Waals surface area contributed by atoms with Crippen LogP contribution in [0.25, 0.3) is 0 Å². The third kappa shape index (κ3) is 4.52. The van der Waals surface area contributed by atoms with Gasteiger partial charge in [0.1, 0.15) is 5.60 Å². The van der Waals surface area contributed by atoms with Crippen molar-refractivity contribution in [2.45, 2.75) is 57.7 Å². The summed E-state index contributed by atoms with van der Waals surface area (Å²) in [6.45, 7) is 5.31. The average Bonchev–Trinajstić information content (AvgIpc) is 2.18. The summed E-state index contributed by atoms with van der Waals surface area (Å²) in [5.41, 5.74) is 5.32. The van der Waals surface area contributed by atoms with Crippen molar-refractivity contribution >= 4 is 12.1 Å². The van der Waals surface area contributed by atoms with Gasteiger partial charge in [-0.15, -0.1) is 0 Å². The lowest BCUT2D eigenvalue weighted by Gasteiger charge is -2.33. The Morgan fingerprint density at radius 1 is 1.33 bits per heavy atom. The van der Waals surface area contributed by atoms with Crippen molar-refractivity contribution in [1.82, 2.24) is 5.32 Å². The molecule has 1 saturated carbocycles. The second-order valence-corrected chi connectivity index (χ2v) is 5.76. The maximum Gasteiger partial charge on any atom is 0.407 e. The highest BCUT2D eigenvalue weighted by atomic mass is 16.6. The fraction of sp³-hybridized carbons (Fsp3) is 0.833. The fourth-order valence-electron chi connectivity index (χ4n) is 2.04. The number of alkyl carbamates (subject to hydrolysis) is 1. The van der Waals surface area contributed by atoms with Crippen molar-refractivity contribution in [1.29, 1.82) is 0 Å². The Bertz CT molecular complexity index is 325. The molecule has 6 heteroatoms. The summed E-state index contributed by atoms with van der Waals surface area (Å²) in [5.74, 6) is -1.28. The van der Waals surface area contributed by atoms with Crippen LogP contribution in [0.4, 0.5) is 4.79 Å². The monoisotopic (exact) mass is 258 g/mol. The van der Waals surface area contributed by atoms with Crippen molar-refractivity contribution in [2.75, 3.05) is 0 Å². The Balaban J connectivity index is 2.53. The molecule has 0 aliphatic heterocycles. The lowest BCUT2D eigenvalue weighted by molar-refractivity contribution is -0.143. The second kappa shape index (κ2) is 5.56. The number of hydrogen-bond acceptors (Lipinski definition) is 4. The largest absolute Gasteiger partial charge is 0.481 e.